The largest absolute Gasteiger partial charge is 0.298 e. The molecule has 0 fully saturated rings. The summed E-state index contributed by atoms with van der Waals surface area (Å²) >= 11 is 1.44. The lowest BCUT2D eigenvalue weighted by molar-refractivity contribution is 0.102. The molecule has 0 saturated carbocycles. The third-order valence-corrected chi connectivity index (χ3v) is 3.34. The van der Waals surface area contributed by atoms with Crippen LogP contribution in [0.3, 0.4) is 0 Å². The van der Waals surface area contributed by atoms with Gasteiger partial charge in [-0.25, -0.2) is 4.98 Å². The van der Waals surface area contributed by atoms with Crippen LogP contribution in [-0.2, 0) is 6.42 Å². The van der Waals surface area contributed by atoms with Crippen molar-refractivity contribution in [2.24, 2.45) is 0 Å². The van der Waals surface area contributed by atoms with E-state index in [1.54, 1.807) is 0 Å². The quantitative estimate of drug-likeness (QED) is 0.903. The molecular weight excluding hydrogens is 232 g/mol. The highest BCUT2D eigenvalue weighted by atomic mass is 32.1. The summed E-state index contributed by atoms with van der Waals surface area (Å²) in [5.41, 5.74) is 2.81. The summed E-state index contributed by atoms with van der Waals surface area (Å²) in [6.07, 6.45) is 0.980. The van der Waals surface area contributed by atoms with Crippen molar-refractivity contribution in [1.82, 2.24) is 4.98 Å². The zero-order valence-electron chi connectivity index (χ0n) is 9.86. The molecule has 0 saturated heterocycles. The van der Waals surface area contributed by atoms with Gasteiger partial charge in [0.2, 0.25) is 0 Å². The first-order chi connectivity index (χ1) is 8.19. The minimum atomic E-state index is -0.109. The molecule has 3 nitrogen and oxygen atoms in total. The molecule has 1 N–H and O–H groups in total. The fourth-order valence-corrected chi connectivity index (χ4v) is 2.16. The normalized spacial score (nSPS) is 10.2. The number of amides is 1. The van der Waals surface area contributed by atoms with Gasteiger partial charge in [0.1, 0.15) is 0 Å². The molecule has 0 spiro atoms. The molecule has 17 heavy (non-hydrogen) atoms. The van der Waals surface area contributed by atoms with E-state index in [0.29, 0.717) is 10.7 Å². The van der Waals surface area contributed by atoms with Crippen molar-refractivity contribution < 1.29 is 4.79 Å². The number of benzene rings is 1. The molecule has 1 amide bonds. The van der Waals surface area contributed by atoms with Gasteiger partial charge in [-0.15, -0.1) is 11.3 Å². The average Bonchev–Trinajstić information content (AvgIpc) is 2.75. The number of carbonyl (C=O) groups is 1. The first kappa shape index (κ1) is 11.8. The van der Waals surface area contributed by atoms with Crippen LogP contribution in [0.1, 0.15) is 28.5 Å². The minimum absolute atomic E-state index is 0.109. The van der Waals surface area contributed by atoms with Gasteiger partial charge in [-0.1, -0.05) is 19.1 Å². The molecule has 0 atom stereocenters. The summed E-state index contributed by atoms with van der Waals surface area (Å²) in [5.74, 6) is -0.109. The van der Waals surface area contributed by atoms with Crippen LogP contribution in [0.4, 0.5) is 5.13 Å². The Kier molecular flexibility index (Phi) is 3.54. The maximum absolute atomic E-state index is 11.9. The number of aromatic nitrogens is 1. The monoisotopic (exact) mass is 246 g/mol. The maximum Gasteiger partial charge on any atom is 0.257 e. The Bertz CT molecular complexity index is 516. The van der Waals surface area contributed by atoms with E-state index in [0.717, 1.165) is 12.1 Å². The molecule has 1 aromatic heterocycles. The Morgan fingerprint density at radius 2 is 2.06 bits per heavy atom. The van der Waals surface area contributed by atoms with Gasteiger partial charge >= 0.3 is 0 Å². The van der Waals surface area contributed by atoms with Crippen LogP contribution in [0.2, 0.25) is 0 Å². The Balaban J connectivity index is 2.09. The van der Waals surface area contributed by atoms with Crippen LogP contribution < -0.4 is 5.32 Å². The van der Waals surface area contributed by atoms with Crippen LogP contribution in [0, 0.1) is 6.92 Å². The van der Waals surface area contributed by atoms with E-state index in [4.69, 9.17) is 0 Å². The zero-order valence-corrected chi connectivity index (χ0v) is 10.7. The van der Waals surface area contributed by atoms with Crippen molar-refractivity contribution in [2.45, 2.75) is 20.3 Å². The topological polar surface area (TPSA) is 42.0 Å². The number of aryl methyl sites for hydroxylation is 2. The molecule has 2 aromatic rings. The van der Waals surface area contributed by atoms with Gasteiger partial charge in [-0.3, -0.25) is 10.1 Å². The number of hydrogen-bond donors (Lipinski definition) is 1. The SMILES string of the molecule is CCc1ccc(C(=O)Nc2nc(C)cs2)cc1. The van der Waals surface area contributed by atoms with Crippen molar-refractivity contribution in [3.63, 3.8) is 0 Å². The van der Waals surface area contributed by atoms with Crippen LogP contribution >= 0.6 is 11.3 Å². The van der Waals surface area contributed by atoms with E-state index in [-0.39, 0.29) is 5.91 Å². The number of carbonyl (C=O) groups excluding carboxylic acids is 1. The highest BCUT2D eigenvalue weighted by molar-refractivity contribution is 7.13. The molecule has 1 aromatic carbocycles. The second-order valence-corrected chi connectivity index (χ2v) is 4.66. The fraction of sp³-hybridized carbons (Fsp3) is 0.231. The summed E-state index contributed by atoms with van der Waals surface area (Å²) in [7, 11) is 0. The van der Waals surface area contributed by atoms with Crippen molar-refractivity contribution in [3.8, 4) is 0 Å². The predicted octanol–water partition coefficient (Wildman–Crippen LogP) is 3.27. The number of nitrogens with zero attached hydrogens (tertiary/aromatic N) is 1. The molecular formula is C13H14N2OS. The lowest BCUT2D eigenvalue weighted by atomic mass is 10.1. The number of nitrogens with one attached hydrogen (secondary N) is 1. The first-order valence-corrected chi connectivity index (χ1v) is 6.39. The van der Waals surface area contributed by atoms with Gasteiger partial charge < -0.3 is 0 Å². The van der Waals surface area contributed by atoms with Crippen molar-refractivity contribution in [1.29, 1.82) is 0 Å². The first-order valence-electron chi connectivity index (χ1n) is 5.51. The minimum Gasteiger partial charge on any atom is -0.298 e. The molecule has 4 heteroatoms. The third-order valence-electron chi connectivity index (χ3n) is 2.46. The molecule has 0 unspecified atom stereocenters. The second kappa shape index (κ2) is 5.10. The number of anilines is 1. The van der Waals surface area contributed by atoms with Crippen LogP contribution in [0.25, 0.3) is 0 Å². The summed E-state index contributed by atoms with van der Waals surface area (Å²) in [6, 6.07) is 7.63. The lowest BCUT2D eigenvalue weighted by Gasteiger charge is -2.02. The summed E-state index contributed by atoms with van der Waals surface area (Å²) in [4.78, 5) is 16.1. The van der Waals surface area contributed by atoms with Crippen LogP contribution in [-0.4, -0.2) is 10.9 Å². The van der Waals surface area contributed by atoms with E-state index in [9.17, 15) is 4.79 Å². The Hall–Kier alpha value is -1.68. The van der Waals surface area contributed by atoms with Crippen molar-refractivity contribution in [3.05, 3.63) is 46.5 Å². The summed E-state index contributed by atoms with van der Waals surface area (Å²) in [5, 5.41) is 5.34. The van der Waals surface area contributed by atoms with Gasteiger partial charge in [0.15, 0.2) is 5.13 Å². The Morgan fingerprint density at radius 3 is 2.59 bits per heavy atom. The number of hydrogen-bond acceptors (Lipinski definition) is 3. The Labute approximate surface area is 105 Å². The third kappa shape index (κ3) is 2.91. The van der Waals surface area contributed by atoms with Crippen LogP contribution in [0.5, 0.6) is 0 Å². The molecule has 0 aliphatic heterocycles. The van der Waals surface area contributed by atoms with Gasteiger partial charge in [-0.2, -0.15) is 0 Å². The number of rotatable bonds is 3. The molecule has 0 aliphatic carbocycles. The second-order valence-electron chi connectivity index (χ2n) is 3.80. The van der Waals surface area contributed by atoms with Gasteiger partial charge in [0.25, 0.3) is 5.91 Å². The highest BCUT2D eigenvalue weighted by Gasteiger charge is 2.07. The zero-order chi connectivity index (χ0) is 12.3. The molecule has 88 valence electrons. The van der Waals surface area contributed by atoms with Gasteiger partial charge in [0, 0.05) is 10.9 Å². The molecule has 0 aliphatic rings. The molecule has 2 rings (SSSR count). The van der Waals surface area contributed by atoms with E-state index in [1.807, 2.05) is 36.6 Å². The average molecular weight is 246 g/mol. The van der Waals surface area contributed by atoms with E-state index < -0.39 is 0 Å². The van der Waals surface area contributed by atoms with E-state index >= 15 is 0 Å². The Morgan fingerprint density at radius 1 is 1.35 bits per heavy atom. The fourth-order valence-electron chi connectivity index (χ4n) is 1.47. The van der Waals surface area contributed by atoms with Gasteiger partial charge in [-0.05, 0) is 31.0 Å². The predicted molar refractivity (Wildman–Crippen MR) is 70.6 cm³/mol. The molecule has 1 heterocycles. The standard InChI is InChI=1S/C13H14N2OS/c1-3-10-4-6-11(7-5-10)12(16)15-13-14-9(2)8-17-13/h4-8H,3H2,1-2H3,(H,14,15,16). The summed E-state index contributed by atoms with van der Waals surface area (Å²) in [6.45, 7) is 4.00. The van der Waals surface area contributed by atoms with Crippen molar-refractivity contribution >= 4 is 22.4 Å². The smallest absolute Gasteiger partial charge is 0.257 e. The maximum atomic E-state index is 11.9. The summed E-state index contributed by atoms with van der Waals surface area (Å²) < 4.78 is 0. The van der Waals surface area contributed by atoms with Gasteiger partial charge in [0.05, 0.1) is 5.69 Å². The molecule has 0 bridgehead atoms. The highest BCUT2D eigenvalue weighted by Crippen LogP contribution is 2.15. The van der Waals surface area contributed by atoms with E-state index in [2.05, 4.69) is 17.2 Å². The van der Waals surface area contributed by atoms with Crippen LogP contribution in [0.15, 0.2) is 29.6 Å². The van der Waals surface area contributed by atoms with E-state index in [1.165, 1.54) is 16.9 Å². The lowest BCUT2D eigenvalue weighted by Crippen LogP contribution is -2.11. The molecule has 0 radical (unpaired) electrons. The van der Waals surface area contributed by atoms with Crippen molar-refractivity contribution in [2.75, 3.05) is 5.32 Å². The number of thiazole rings is 1.